The highest BCUT2D eigenvalue weighted by Crippen LogP contribution is 2.16. The molecule has 2 aromatic rings. The Bertz CT molecular complexity index is 539. The number of rotatable bonds is 3. The molecule has 1 unspecified atom stereocenters. The number of aromatic nitrogens is 1. The minimum atomic E-state index is -0.471. The van der Waals surface area contributed by atoms with Crippen molar-refractivity contribution in [2.45, 2.75) is 19.4 Å². The summed E-state index contributed by atoms with van der Waals surface area (Å²) in [5.74, 6) is -0.176. The summed E-state index contributed by atoms with van der Waals surface area (Å²) in [7, 11) is 0. The second-order valence-electron chi connectivity index (χ2n) is 3.92. The van der Waals surface area contributed by atoms with E-state index in [0.717, 1.165) is 10.9 Å². The van der Waals surface area contributed by atoms with E-state index in [1.165, 1.54) is 0 Å². The van der Waals surface area contributed by atoms with Crippen LogP contribution in [0.5, 0.6) is 0 Å². The number of nitrogens with one attached hydrogen (secondary N) is 1. The summed E-state index contributed by atoms with van der Waals surface area (Å²) in [5, 5.41) is 3.75. The molecule has 4 heteroatoms. The van der Waals surface area contributed by atoms with Gasteiger partial charge < -0.3 is 11.1 Å². The van der Waals surface area contributed by atoms with E-state index >= 15 is 0 Å². The molecule has 0 aliphatic carbocycles. The molecule has 1 amide bonds. The first-order valence-electron chi connectivity index (χ1n) is 5.62. The number of anilines is 1. The van der Waals surface area contributed by atoms with Gasteiger partial charge in [-0.3, -0.25) is 9.78 Å². The van der Waals surface area contributed by atoms with Gasteiger partial charge in [-0.15, -0.1) is 0 Å². The number of fused-ring (bicyclic) bond motifs is 1. The summed E-state index contributed by atoms with van der Waals surface area (Å²) in [6.45, 7) is 1.88. The molecule has 88 valence electrons. The summed E-state index contributed by atoms with van der Waals surface area (Å²) in [5.41, 5.74) is 7.23. The number of carbonyl (C=O) groups excluding carboxylic acids is 1. The fraction of sp³-hybridized carbons (Fsp3) is 0.231. The topological polar surface area (TPSA) is 68.0 Å². The zero-order chi connectivity index (χ0) is 12.3. The van der Waals surface area contributed by atoms with Crippen LogP contribution in [0.3, 0.4) is 0 Å². The van der Waals surface area contributed by atoms with Crippen LogP contribution in [0, 0.1) is 0 Å². The number of benzene rings is 1. The molecule has 0 aliphatic heterocycles. The van der Waals surface area contributed by atoms with Gasteiger partial charge in [-0.25, -0.2) is 0 Å². The highest BCUT2D eigenvalue weighted by molar-refractivity contribution is 5.96. The molecule has 0 aliphatic rings. The second kappa shape index (κ2) is 4.93. The Kier molecular flexibility index (Phi) is 3.35. The quantitative estimate of drug-likeness (QED) is 0.844. The van der Waals surface area contributed by atoms with E-state index in [1.807, 2.05) is 37.3 Å². The molecule has 1 aromatic heterocycles. The van der Waals surface area contributed by atoms with Crippen LogP contribution < -0.4 is 11.1 Å². The van der Waals surface area contributed by atoms with Gasteiger partial charge in [0, 0.05) is 5.39 Å². The van der Waals surface area contributed by atoms with E-state index in [0.29, 0.717) is 12.1 Å². The lowest BCUT2D eigenvalue weighted by molar-refractivity contribution is -0.117. The summed E-state index contributed by atoms with van der Waals surface area (Å²) < 4.78 is 0. The number of amides is 1. The number of para-hydroxylation sites is 1. The minimum Gasteiger partial charge on any atom is -0.323 e. The van der Waals surface area contributed by atoms with Gasteiger partial charge in [0.1, 0.15) is 0 Å². The highest BCUT2D eigenvalue weighted by atomic mass is 16.2. The van der Waals surface area contributed by atoms with Gasteiger partial charge in [0.2, 0.25) is 5.91 Å². The Morgan fingerprint density at radius 3 is 3.00 bits per heavy atom. The minimum absolute atomic E-state index is 0.176. The summed E-state index contributed by atoms with van der Waals surface area (Å²) in [6.07, 6.45) is 2.26. The molecule has 17 heavy (non-hydrogen) atoms. The zero-order valence-electron chi connectivity index (χ0n) is 9.68. The number of carbonyl (C=O) groups is 1. The van der Waals surface area contributed by atoms with Crippen molar-refractivity contribution in [3.63, 3.8) is 0 Å². The molecule has 1 atom stereocenters. The first kappa shape index (κ1) is 11.5. The van der Waals surface area contributed by atoms with Crippen molar-refractivity contribution in [3.8, 4) is 0 Å². The third-order valence-electron chi connectivity index (χ3n) is 2.63. The van der Waals surface area contributed by atoms with Gasteiger partial charge in [0.05, 0.1) is 23.4 Å². The summed E-state index contributed by atoms with van der Waals surface area (Å²) in [4.78, 5) is 15.9. The van der Waals surface area contributed by atoms with Gasteiger partial charge >= 0.3 is 0 Å². The zero-order valence-corrected chi connectivity index (χ0v) is 9.68. The first-order chi connectivity index (χ1) is 8.20. The monoisotopic (exact) mass is 229 g/mol. The molecule has 3 N–H and O–H groups in total. The van der Waals surface area contributed by atoms with Crippen molar-refractivity contribution in [1.29, 1.82) is 0 Å². The molecular weight excluding hydrogens is 214 g/mol. The average molecular weight is 229 g/mol. The third-order valence-corrected chi connectivity index (χ3v) is 2.63. The largest absolute Gasteiger partial charge is 0.323 e. The molecule has 1 heterocycles. The van der Waals surface area contributed by atoms with E-state index < -0.39 is 6.04 Å². The van der Waals surface area contributed by atoms with E-state index in [4.69, 9.17) is 5.73 Å². The molecule has 0 radical (unpaired) electrons. The Morgan fingerprint density at radius 2 is 2.24 bits per heavy atom. The van der Waals surface area contributed by atoms with E-state index in [1.54, 1.807) is 6.20 Å². The SMILES string of the molecule is CCC(N)C(=O)Nc1cnc2ccccc2c1. The van der Waals surface area contributed by atoms with Crippen molar-refractivity contribution in [2.24, 2.45) is 5.73 Å². The van der Waals surface area contributed by atoms with Crippen molar-refractivity contribution in [1.82, 2.24) is 4.98 Å². The summed E-state index contributed by atoms with van der Waals surface area (Å²) in [6, 6.07) is 9.18. The predicted octanol–water partition coefficient (Wildman–Crippen LogP) is 1.91. The van der Waals surface area contributed by atoms with Gasteiger partial charge in [-0.05, 0) is 18.6 Å². The van der Waals surface area contributed by atoms with Gasteiger partial charge in [-0.2, -0.15) is 0 Å². The van der Waals surface area contributed by atoms with Gasteiger partial charge in [-0.1, -0.05) is 25.1 Å². The Labute approximate surface area is 99.8 Å². The van der Waals surface area contributed by atoms with E-state index in [-0.39, 0.29) is 5.91 Å². The highest BCUT2D eigenvalue weighted by Gasteiger charge is 2.11. The first-order valence-corrected chi connectivity index (χ1v) is 5.62. The molecule has 2 rings (SSSR count). The van der Waals surface area contributed by atoms with Gasteiger partial charge in [0.25, 0.3) is 0 Å². The number of hydrogen-bond donors (Lipinski definition) is 2. The average Bonchev–Trinajstić information content (AvgIpc) is 2.37. The number of hydrogen-bond acceptors (Lipinski definition) is 3. The van der Waals surface area contributed by atoms with E-state index in [9.17, 15) is 4.79 Å². The Morgan fingerprint density at radius 1 is 1.47 bits per heavy atom. The van der Waals surface area contributed by atoms with Crippen LogP contribution >= 0.6 is 0 Å². The molecule has 0 spiro atoms. The smallest absolute Gasteiger partial charge is 0.241 e. The number of nitrogens with two attached hydrogens (primary N) is 1. The van der Waals surface area contributed by atoms with Crippen LogP contribution in [0.15, 0.2) is 36.5 Å². The lowest BCUT2D eigenvalue weighted by Crippen LogP contribution is -2.34. The van der Waals surface area contributed by atoms with Crippen LogP contribution in [-0.4, -0.2) is 16.9 Å². The number of nitrogens with zero attached hydrogens (tertiary/aromatic N) is 1. The molecular formula is C13H15N3O. The van der Waals surface area contributed by atoms with Crippen LogP contribution in [0.1, 0.15) is 13.3 Å². The van der Waals surface area contributed by atoms with Crippen LogP contribution in [-0.2, 0) is 4.79 Å². The summed E-state index contributed by atoms with van der Waals surface area (Å²) >= 11 is 0. The molecule has 0 fully saturated rings. The molecule has 0 bridgehead atoms. The maximum absolute atomic E-state index is 11.6. The maximum Gasteiger partial charge on any atom is 0.241 e. The van der Waals surface area contributed by atoms with E-state index in [2.05, 4.69) is 10.3 Å². The van der Waals surface area contributed by atoms with Crippen LogP contribution in [0.2, 0.25) is 0 Å². The number of pyridine rings is 1. The lowest BCUT2D eigenvalue weighted by atomic mass is 10.2. The molecule has 1 aromatic carbocycles. The Balaban J connectivity index is 2.22. The predicted molar refractivity (Wildman–Crippen MR) is 68.6 cm³/mol. The molecule has 4 nitrogen and oxygen atoms in total. The standard InChI is InChI=1S/C13H15N3O/c1-2-11(14)13(17)16-10-7-9-5-3-4-6-12(9)15-8-10/h3-8,11H,2,14H2,1H3,(H,16,17). The van der Waals surface area contributed by atoms with Crippen molar-refractivity contribution in [2.75, 3.05) is 5.32 Å². The van der Waals surface area contributed by atoms with Gasteiger partial charge in [0.15, 0.2) is 0 Å². The van der Waals surface area contributed by atoms with Crippen molar-refractivity contribution >= 4 is 22.5 Å². The second-order valence-corrected chi connectivity index (χ2v) is 3.92. The van der Waals surface area contributed by atoms with Crippen molar-refractivity contribution < 1.29 is 4.79 Å². The normalized spacial score (nSPS) is 12.4. The maximum atomic E-state index is 11.6. The van der Waals surface area contributed by atoms with Crippen LogP contribution in [0.4, 0.5) is 5.69 Å². The fourth-order valence-electron chi connectivity index (χ4n) is 1.56. The fourth-order valence-corrected chi connectivity index (χ4v) is 1.56. The Hall–Kier alpha value is -1.94. The lowest BCUT2D eigenvalue weighted by Gasteiger charge is -2.10. The third kappa shape index (κ3) is 2.60. The molecule has 0 saturated carbocycles. The van der Waals surface area contributed by atoms with Crippen LogP contribution in [0.25, 0.3) is 10.9 Å². The molecule has 0 saturated heterocycles. The van der Waals surface area contributed by atoms with Crippen molar-refractivity contribution in [3.05, 3.63) is 36.5 Å².